The van der Waals surface area contributed by atoms with Crippen molar-refractivity contribution in [1.82, 2.24) is 5.32 Å². The van der Waals surface area contributed by atoms with Gasteiger partial charge in [-0.2, -0.15) is 0 Å². The normalized spacial score (nSPS) is 15.3. The highest BCUT2D eigenvalue weighted by Crippen LogP contribution is 2.20. The van der Waals surface area contributed by atoms with Crippen molar-refractivity contribution < 1.29 is 5.11 Å². The van der Waals surface area contributed by atoms with E-state index >= 15 is 0 Å². The van der Waals surface area contributed by atoms with Crippen LogP contribution in [0.1, 0.15) is 32.8 Å². The summed E-state index contributed by atoms with van der Waals surface area (Å²) < 4.78 is 0. The predicted molar refractivity (Wildman–Crippen MR) is 80.0 cm³/mol. The number of hydrogen-bond acceptors (Lipinski definition) is 2. The SMILES string of the molecule is CC(C)CCNC(N)=NCC(C)(O)c1ccccc1. The second kappa shape index (κ2) is 7.14. The van der Waals surface area contributed by atoms with Gasteiger partial charge in [0.1, 0.15) is 5.60 Å². The number of benzene rings is 1. The van der Waals surface area contributed by atoms with E-state index in [1.165, 1.54) is 0 Å². The summed E-state index contributed by atoms with van der Waals surface area (Å²) in [5.41, 5.74) is 5.62. The number of guanidine groups is 1. The summed E-state index contributed by atoms with van der Waals surface area (Å²) >= 11 is 0. The molecule has 1 atom stereocenters. The van der Waals surface area contributed by atoms with Gasteiger partial charge in [-0.15, -0.1) is 0 Å². The zero-order valence-corrected chi connectivity index (χ0v) is 12.1. The smallest absolute Gasteiger partial charge is 0.188 e. The molecule has 106 valence electrons. The molecule has 0 aliphatic carbocycles. The van der Waals surface area contributed by atoms with Gasteiger partial charge in [-0.1, -0.05) is 44.2 Å². The maximum Gasteiger partial charge on any atom is 0.188 e. The van der Waals surface area contributed by atoms with Crippen LogP contribution >= 0.6 is 0 Å². The van der Waals surface area contributed by atoms with E-state index in [2.05, 4.69) is 24.2 Å². The van der Waals surface area contributed by atoms with E-state index in [1.807, 2.05) is 30.3 Å². The predicted octanol–water partition coefficient (Wildman–Crippen LogP) is 1.84. The largest absolute Gasteiger partial charge is 0.384 e. The van der Waals surface area contributed by atoms with Crippen LogP contribution in [0.3, 0.4) is 0 Å². The fraction of sp³-hybridized carbons (Fsp3) is 0.533. The standard InChI is InChI=1S/C15H25N3O/c1-12(2)9-10-17-14(16)18-11-15(3,19)13-7-5-4-6-8-13/h4-8,12,19H,9-11H2,1-3H3,(H3,16,17,18). The first-order chi connectivity index (χ1) is 8.92. The topological polar surface area (TPSA) is 70.6 Å². The van der Waals surface area contributed by atoms with Gasteiger partial charge in [-0.25, -0.2) is 0 Å². The summed E-state index contributed by atoms with van der Waals surface area (Å²) in [5.74, 6) is 1.02. The van der Waals surface area contributed by atoms with Crippen LogP contribution in [0.2, 0.25) is 0 Å². The van der Waals surface area contributed by atoms with E-state index in [-0.39, 0.29) is 6.54 Å². The lowest BCUT2D eigenvalue weighted by atomic mass is 9.96. The van der Waals surface area contributed by atoms with Crippen molar-refractivity contribution in [2.75, 3.05) is 13.1 Å². The molecule has 0 aliphatic rings. The summed E-state index contributed by atoms with van der Waals surface area (Å²) in [4.78, 5) is 4.20. The molecular weight excluding hydrogens is 238 g/mol. The number of aliphatic imine (C=N–C) groups is 1. The Morgan fingerprint density at radius 1 is 1.37 bits per heavy atom. The molecule has 1 aromatic rings. The van der Waals surface area contributed by atoms with E-state index in [0.717, 1.165) is 18.5 Å². The lowest BCUT2D eigenvalue weighted by Crippen LogP contribution is -2.35. The second-order valence-corrected chi connectivity index (χ2v) is 5.45. The molecule has 4 N–H and O–H groups in total. The number of aliphatic hydroxyl groups is 1. The second-order valence-electron chi connectivity index (χ2n) is 5.45. The third-order valence-corrected chi connectivity index (χ3v) is 2.98. The lowest BCUT2D eigenvalue weighted by Gasteiger charge is -2.21. The van der Waals surface area contributed by atoms with E-state index < -0.39 is 5.60 Å². The molecule has 1 unspecified atom stereocenters. The summed E-state index contributed by atoms with van der Waals surface area (Å²) in [6, 6.07) is 9.50. The average Bonchev–Trinajstić information content (AvgIpc) is 2.37. The van der Waals surface area contributed by atoms with Gasteiger partial charge in [0.15, 0.2) is 5.96 Å². The van der Waals surface area contributed by atoms with Crippen molar-refractivity contribution in [2.45, 2.75) is 32.8 Å². The molecule has 0 amide bonds. The minimum Gasteiger partial charge on any atom is -0.384 e. The summed E-state index contributed by atoms with van der Waals surface area (Å²) in [5, 5.41) is 13.4. The minimum absolute atomic E-state index is 0.248. The maximum atomic E-state index is 10.4. The Balaban J connectivity index is 2.50. The minimum atomic E-state index is -0.994. The van der Waals surface area contributed by atoms with E-state index in [4.69, 9.17) is 5.73 Å². The van der Waals surface area contributed by atoms with Crippen molar-refractivity contribution >= 4 is 5.96 Å². The Hall–Kier alpha value is -1.55. The Morgan fingerprint density at radius 3 is 2.58 bits per heavy atom. The molecule has 4 heteroatoms. The zero-order valence-electron chi connectivity index (χ0n) is 12.1. The van der Waals surface area contributed by atoms with E-state index in [1.54, 1.807) is 6.92 Å². The number of nitrogens with one attached hydrogen (secondary N) is 1. The highest BCUT2D eigenvalue weighted by Gasteiger charge is 2.22. The Bertz CT molecular complexity index is 399. The van der Waals surface area contributed by atoms with E-state index in [0.29, 0.717) is 11.9 Å². The molecule has 0 saturated heterocycles. The van der Waals surface area contributed by atoms with Gasteiger partial charge < -0.3 is 16.2 Å². The molecule has 1 rings (SSSR count). The van der Waals surface area contributed by atoms with E-state index in [9.17, 15) is 5.11 Å². The molecule has 1 aromatic carbocycles. The molecule has 0 aromatic heterocycles. The number of hydrogen-bond donors (Lipinski definition) is 3. The van der Waals surface area contributed by atoms with Crippen LogP contribution in [0.25, 0.3) is 0 Å². The quantitative estimate of drug-likeness (QED) is 0.542. The summed E-state index contributed by atoms with van der Waals surface area (Å²) in [7, 11) is 0. The molecule has 0 fully saturated rings. The van der Waals surface area contributed by atoms with Crippen molar-refractivity contribution in [3.05, 3.63) is 35.9 Å². The van der Waals surface area contributed by atoms with Crippen LogP contribution < -0.4 is 11.1 Å². The van der Waals surface area contributed by atoms with Crippen LogP contribution in [0.5, 0.6) is 0 Å². The number of nitrogens with zero attached hydrogens (tertiary/aromatic N) is 1. The first-order valence-corrected chi connectivity index (χ1v) is 6.73. The van der Waals surface area contributed by atoms with Gasteiger partial charge in [0.2, 0.25) is 0 Å². The van der Waals surface area contributed by atoms with Gasteiger partial charge >= 0.3 is 0 Å². The Morgan fingerprint density at radius 2 is 2.00 bits per heavy atom. The van der Waals surface area contributed by atoms with Crippen molar-refractivity contribution in [3.63, 3.8) is 0 Å². The molecule has 0 radical (unpaired) electrons. The first kappa shape index (κ1) is 15.5. The third kappa shape index (κ3) is 5.75. The zero-order chi connectivity index (χ0) is 14.3. The molecule has 0 saturated carbocycles. The highest BCUT2D eigenvalue weighted by atomic mass is 16.3. The summed E-state index contributed by atoms with van der Waals surface area (Å²) in [6.07, 6.45) is 1.05. The Kier molecular flexibility index (Phi) is 5.83. The first-order valence-electron chi connectivity index (χ1n) is 6.73. The van der Waals surface area contributed by atoms with Crippen molar-refractivity contribution in [1.29, 1.82) is 0 Å². The molecule has 0 aliphatic heterocycles. The fourth-order valence-corrected chi connectivity index (χ4v) is 1.67. The third-order valence-electron chi connectivity index (χ3n) is 2.98. The van der Waals surface area contributed by atoms with Crippen LogP contribution in [-0.4, -0.2) is 24.2 Å². The fourth-order valence-electron chi connectivity index (χ4n) is 1.67. The van der Waals surface area contributed by atoms with Gasteiger partial charge in [0.05, 0.1) is 6.54 Å². The van der Waals surface area contributed by atoms with Gasteiger partial charge in [-0.3, -0.25) is 4.99 Å². The van der Waals surface area contributed by atoms with Gasteiger partial charge in [0, 0.05) is 6.54 Å². The van der Waals surface area contributed by atoms with Crippen molar-refractivity contribution in [3.8, 4) is 0 Å². The molecular formula is C15H25N3O. The molecule has 0 heterocycles. The van der Waals surface area contributed by atoms with Crippen LogP contribution in [-0.2, 0) is 5.60 Å². The monoisotopic (exact) mass is 263 g/mol. The van der Waals surface area contributed by atoms with Crippen LogP contribution in [0.4, 0.5) is 0 Å². The Labute approximate surface area is 115 Å². The van der Waals surface area contributed by atoms with Gasteiger partial charge in [0.25, 0.3) is 0 Å². The molecule has 19 heavy (non-hydrogen) atoms. The molecule has 4 nitrogen and oxygen atoms in total. The number of rotatable bonds is 6. The van der Waals surface area contributed by atoms with Crippen LogP contribution in [0.15, 0.2) is 35.3 Å². The number of nitrogens with two attached hydrogens (primary N) is 1. The molecule has 0 bridgehead atoms. The summed E-state index contributed by atoms with van der Waals surface area (Å²) in [6.45, 7) is 7.12. The molecule has 0 spiro atoms. The lowest BCUT2D eigenvalue weighted by molar-refractivity contribution is 0.0673. The van der Waals surface area contributed by atoms with Gasteiger partial charge in [-0.05, 0) is 24.8 Å². The van der Waals surface area contributed by atoms with Crippen molar-refractivity contribution in [2.24, 2.45) is 16.6 Å². The average molecular weight is 263 g/mol. The maximum absolute atomic E-state index is 10.4. The van der Waals surface area contributed by atoms with Crippen LogP contribution in [0, 0.1) is 5.92 Å². The highest BCUT2D eigenvalue weighted by molar-refractivity contribution is 5.77.